The van der Waals surface area contributed by atoms with Crippen LogP contribution in [0.4, 0.5) is 0 Å². The summed E-state index contributed by atoms with van der Waals surface area (Å²) in [6, 6.07) is 5.39. The molecule has 0 spiro atoms. The molecule has 2 aromatic rings. The standard InChI is InChI=1S/C12H12ClN3O2S/c1-7-4-8(13)2-3-10(7)18-5-9-6-19-12(15-9)11(17)16-14/h2-4,6H,5,14H2,1H3,(H,16,17). The molecule has 7 heteroatoms. The first-order chi connectivity index (χ1) is 9.10. The molecule has 1 aromatic heterocycles. The number of thiazole rings is 1. The summed E-state index contributed by atoms with van der Waals surface area (Å²) in [5.74, 6) is 5.37. The molecule has 0 radical (unpaired) electrons. The average Bonchev–Trinajstić information content (AvgIpc) is 2.85. The number of aryl methyl sites for hydroxylation is 1. The maximum absolute atomic E-state index is 11.2. The second kappa shape index (κ2) is 6.01. The highest BCUT2D eigenvalue weighted by molar-refractivity contribution is 7.11. The van der Waals surface area contributed by atoms with E-state index in [1.807, 2.05) is 18.4 Å². The molecule has 0 unspecified atom stereocenters. The summed E-state index contributed by atoms with van der Waals surface area (Å²) in [7, 11) is 0. The number of carbonyl (C=O) groups excluding carboxylic acids is 1. The number of carbonyl (C=O) groups is 1. The molecule has 100 valence electrons. The Morgan fingerprint density at radius 2 is 2.37 bits per heavy atom. The minimum absolute atomic E-state index is 0.289. The first-order valence-corrected chi connectivity index (χ1v) is 6.70. The smallest absolute Gasteiger partial charge is 0.294 e. The molecule has 19 heavy (non-hydrogen) atoms. The van der Waals surface area contributed by atoms with Gasteiger partial charge in [0.25, 0.3) is 5.91 Å². The number of hydrogen-bond acceptors (Lipinski definition) is 5. The Kier molecular flexibility index (Phi) is 4.36. The highest BCUT2D eigenvalue weighted by Crippen LogP contribution is 2.23. The highest BCUT2D eigenvalue weighted by atomic mass is 35.5. The lowest BCUT2D eigenvalue weighted by molar-refractivity contribution is 0.0953. The van der Waals surface area contributed by atoms with E-state index in [1.165, 1.54) is 11.3 Å². The van der Waals surface area contributed by atoms with Crippen LogP contribution < -0.4 is 16.0 Å². The van der Waals surface area contributed by atoms with Crippen molar-refractivity contribution in [2.24, 2.45) is 5.84 Å². The molecule has 1 heterocycles. The zero-order chi connectivity index (χ0) is 13.8. The number of nitrogen functional groups attached to an aromatic ring is 1. The molecule has 0 saturated heterocycles. The van der Waals surface area contributed by atoms with E-state index >= 15 is 0 Å². The first-order valence-electron chi connectivity index (χ1n) is 5.44. The van der Waals surface area contributed by atoms with Crippen molar-refractivity contribution in [3.63, 3.8) is 0 Å². The van der Waals surface area contributed by atoms with Crippen LogP contribution in [0.1, 0.15) is 21.1 Å². The van der Waals surface area contributed by atoms with Crippen molar-refractivity contribution in [1.82, 2.24) is 10.4 Å². The van der Waals surface area contributed by atoms with Crippen LogP contribution in [0.15, 0.2) is 23.6 Å². The third-order valence-electron chi connectivity index (χ3n) is 2.39. The SMILES string of the molecule is Cc1cc(Cl)ccc1OCc1csc(C(=O)NN)n1. The number of hydrogen-bond donors (Lipinski definition) is 2. The first kappa shape index (κ1) is 13.8. The van der Waals surface area contributed by atoms with Crippen molar-refractivity contribution in [3.8, 4) is 5.75 Å². The van der Waals surface area contributed by atoms with Gasteiger partial charge < -0.3 is 4.74 Å². The van der Waals surface area contributed by atoms with Crippen molar-refractivity contribution in [2.45, 2.75) is 13.5 Å². The third kappa shape index (κ3) is 3.44. The maximum Gasteiger partial charge on any atom is 0.294 e. The summed E-state index contributed by atoms with van der Waals surface area (Å²) >= 11 is 7.09. The van der Waals surface area contributed by atoms with Crippen molar-refractivity contribution in [1.29, 1.82) is 0 Å². The second-order valence-electron chi connectivity index (χ2n) is 3.82. The minimum atomic E-state index is -0.404. The summed E-state index contributed by atoms with van der Waals surface area (Å²) in [6.07, 6.45) is 0. The van der Waals surface area contributed by atoms with Crippen LogP contribution >= 0.6 is 22.9 Å². The van der Waals surface area contributed by atoms with Gasteiger partial charge in [0.15, 0.2) is 5.01 Å². The Labute approximate surface area is 119 Å². The lowest BCUT2D eigenvalue weighted by Crippen LogP contribution is -2.29. The van der Waals surface area contributed by atoms with E-state index in [2.05, 4.69) is 4.98 Å². The van der Waals surface area contributed by atoms with E-state index in [4.69, 9.17) is 22.2 Å². The number of hydrazine groups is 1. The van der Waals surface area contributed by atoms with E-state index in [0.29, 0.717) is 15.7 Å². The van der Waals surface area contributed by atoms with Gasteiger partial charge in [0, 0.05) is 10.4 Å². The average molecular weight is 298 g/mol. The molecule has 1 amide bonds. The summed E-state index contributed by atoms with van der Waals surface area (Å²) in [6.45, 7) is 2.20. The highest BCUT2D eigenvalue weighted by Gasteiger charge is 2.10. The minimum Gasteiger partial charge on any atom is -0.487 e. The molecule has 0 fully saturated rings. The number of nitrogens with two attached hydrogens (primary N) is 1. The predicted octanol–water partition coefficient (Wildman–Crippen LogP) is 2.29. The van der Waals surface area contributed by atoms with Gasteiger partial charge >= 0.3 is 0 Å². The zero-order valence-corrected chi connectivity index (χ0v) is 11.7. The molecule has 0 aliphatic heterocycles. The van der Waals surface area contributed by atoms with E-state index in [1.54, 1.807) is 17.5 Å². The van der Waals surface area contributed by atoms with Gasteiger partial charge in [-0.1, -0.05) is 11.6 Å². The number of nitrogens with zero attached hydrogens (tertiary/aromatic N) is 1. The Hall–Kier alpha value is -1.63. The Bertz CT molecular complexity index is 600. The maximum atomic E-state index is 11.2. The molecule has 0 aliphatic carbocycles. The molecule has 5 nitrogen and oxygen atoms in total. The lowest BCUT2D eigenvalue weighted by atomic mass is 10.2. The summed E-state index contributed by atoms with van der Waals surface area (Å²) in [5, 5.41) is 2.74. The van der Waals surface area contributed by atoms with Crippen LogP contribution in [-0.2, 0) is 6.61 Å². The number of amides is 1. The van der Waals surface area contributed by atoms with Crippen molar-refractivity contribution < 1.29 is 9.53 Å². The Balaban J connectivity index is 2.02. The van der Waals surface area contributed by atoms with Gasteiger partial charge in [0.05, 0.1) is 5.69 Å². The van der Waals surface area contributed by atoms with Crippen LogP contribution in [-0.4, -0.2) is 10.9 Å². The molecule has 0 bridgehead atoms. The third-order valence-corrected chi connectivity index (χ3v) is 3.51. The van der Waals surface area contributed by atoms with Crippen LogP contribution in [0.5, 0.6) is 5.75 Å². The predicted molar refractivity (Wildman–Crippen MR) is 74.3 cm³/mol. The molecule has 3 N–H and O–H groups in total. The fourth-order valence-corrected chi connectivity index (χ4v) is 2.40. The Morgan fingerprint density at radius 1 is 1.58 bits per heavy atom. The van der Waals surface area contributed by atoms with Gasteiger partial charge in [0.2, 0.25) is 0 Å². The number of halogens is 1. The Morgan fingerprint density at radius 3 is 3.05 bits per heavy atom. The normalized spacial score (nSPS) is 10.3. The van der Waals surface area contributed by atoms with Gasteiger partial charge in [0.1, 0.15) is 12.4 Å². The molecular formula is C12H12ClN3O2S. The van der Waals surface area contributed by atoms with Crippen LogP contribution in [0.2, 0.25) is 5.02 Å². The number of ether oxygens (including phenoxy) is 1. The summed E-state index contributed by atoms with van der Waals surface area (Å²) in [4.78, 5) is 15.4. The summed E-state index contributed by atoms with van der Waals surface area (Å²) < 4.78 is 5.63. The molecule has 0 atom stereocenters. The van der Waals surface area contributed by atoms with Crippen molar-refractivity contribution >= 4 is 28.8 Å². The summed E-state index contributed by atoms with van der Waals surface area (Å²) in [5.41, 5.74) is 3.66. The van der Waals surface area contributed by atoms with Gasteiger partial charge in [-0.05, 0) is 30.7 Å². The van der Waals surface area contributed by atoms with Crippen LogP contribution in [0, 0.1) is 6.92 Å². The van der Waals surface area contributed by atoms with E-state index in [-0.39, 0.29) is 6.61 Å². The second-order valence-corrected chi connectivity index (χ2v) is 5.11. The van der Waals surface area contributed by atoms with Gasteiger partial charge in [-0.3, -0.25) is 10.2 Å². The van der Waals surface area contributed by atoms with Gasteiger partial charge in [-0.25, -0.2) is 10.8 Å². The number of benzene rings is 1. The van der Waals surface area contributed by atoms with E-state index in [9.17, 15) is 4.79 Å². The van der Waals surface area contributed by atoms with Crippen LogP contribution in [0.25, 0.3) is 0 Å². The fraction of sp³-hybridized carbons (Fsp3) is 0.167. The molecule has 0 saturated carbocycles. The molecule has 0 aliphatic rings. The number of aromatic nitrogens is 1. The van der Waals surface area contributed by atoms with Crippen molar-refractivity contribution in [2.75, 3.05) is 0 Å². The zero-order valence-electron chi connectivity index (χ0n) is 10.1. The van der Waals surface area contributed by atoms with E-state index < -0.39 is 5.91 Å². The largest absolute Gasteiger partial charge is 0.487 e. The topological polar surface area (TPSA) is 77.2 Å². The number of rotatable bonds is 4. The number of nitrogens with one attached hydrogen (secondary N) is 1. The van der Waals surface area contributed by atoms with E-state index in [0.717, 1.165) is 11.3 Å². The molecule has 2 rings (SSSR count). The van der Waals surface area contributed by atoms with Crippen LogP contribution in [0.3, 0.4) is 0 Å². The molecular weight excluding hydrogens is 286 g/mol. The monoisotopic (exact) mass is 297 g/mol. The lowest BCUT2D eigenvalue weighted by Gasteiger charge is -2.07. The van der Waals surface area contributed by atoms with Gasteiger partial charge in [-0.15, -0.1) is 11.3 Å². The fourth-order valence-electron chi connectivity index (χ4n) is 1.47. The van der Waals surface area contributed by atoms with Gasteiger partial charge in [-0.2, -0.15) is 0 Å². The molecule has 1 aromatic carbocycles. The quantitative estimate of drug-likeness (QED) is 0.516. The van der Waals surface area contributed by atoms with Crippen molar-refractivity contribution in [3.05, 3.63) is 44.9 Å².